The maximum Gasteiger partial charge on any atom is 0.163 e. The van der Waals surface area contributed by atoms with Gasteiger partial charge in [-0.2, -0.15) is 0 Å². The average Bonchev–Trinajstić information content (AvgIpc) is 2.67. The van der Waals surface area contributed by atoms with Gasteiger partial charge in [-0.05, 0) is 31.9 Å². The zero-order valence-corrected chi connectivity index (χ0v) is 19.0. The third kappa shape index (κ3) is 11.5. The Morgan fingerprint density at radius 1 is 0.821 bits per heavy atom. The minimum absolute atomic E-state index is 0.0627. The van der Waals surface area contributed by atoms with Crippen molar-refractivity contribution in [1.29, 1.82) is 0 Å². The molecule has 0 fully saturated rings. The molecule has 1 aromatic rings. The zero-order valence-electron chi connectivity index (χ0n) is 19.0. The van der Waals surface area contributed by atoms with Gasteiger partial charge in [0.05, 0.1) is 39.4 Å². The lowest BCUT2D eigenvalue weighted by molar-refractivity contribution is -0.890. The fraction of sp³-hybridized carbons (Fsp3) is 0.720. The molecular weight excluding hydrogens is 346 g/mol. The number of rotatable bonds is 17. The molecule has 0 aliphatic heterocycles. The first-order valence-electron chi connectivity index (χ1n) is 11.5. The van der Waals surface area contributed by atoms with Crippen LogP contribution in [0.25, 0.3) is 0 Å². The molecule has 0 unspecified atom stereocenters. The highest BCUT2D eigenvalue weighted by Gasteiger charge is 2.14. The number of carbonyl (C=O) groups excluding carboxylic acids is 1. The summed E-state index contributed by atoms with van der Waals surface area (Å²) in [6, 6.07) is 7.53. The highest BCUT2D eigenvalue weighted by atomic mass is 16.5. The van der Waals surface area contributed by atoms with Crippen LogP contribution in [0.2, 0.25) is 0 Å². The molecule has 3 nitrogen and oxygen atoms in total. The molecule has 0 aromatic heterocycles. The predicted molar refractivity (Wildman–Crippen MR) is 120 cm³/mol. The van der Waals surface area contributed by atoms with Gasteiger partial charge in [-0.25, -0.2) is 0 Å². The van der Waals surface area contributed by atoms with E-state index in [0.717, 1.165) is 23.2 Å². The Hall–Kier alpha value is -1.35. The van der Waals surface area contributed by atoms with Gasteiger partial charge >= 0.3 is 0 Å². The van der Waals surface area contributed by atoms with Crippen LogP contribution in [0.4, 0.5) is 0 Å². The molecule has 0 bridgehead atoms. The lowest BCUT2D eigenvalue weighted by atomic mass is 10.1. The molecule has 0 N–H and O–H groups in total. The summed E-state index contributed by atoms with van der Waals surface area (Å²) >= 11 is 0. The van der Waals surface area contributed by atoms with E-state index >= 15 is 0 Å². The highest BCUT2D eigenvalue weighted by molar-refractivity contribution is 5.96. The number of carbonyl (C=O) groups is 1. The Labute approximate surface area is 174 Å². The number of para-hydroxylation sites is 1. The van der Waals surface area contributed by atoms with Gasteiger partial charge < -0.3 is 9.22 Å². The molecule has 0 aliphatic rings. The number of quaternary nitrogens is 1. The quantitative estimate of drug-likeness (QED) is 0.169. The van der Waals surface area contributed by atoms with Crippen molar-refractivity contribution >= 4 is 5.78 Å². The maximum atomic E-state index is 11.6. The topological polar surface area (TPSA) is 26.3 Å². The number of hydrogen-bond donors (Lipinski definition) is 0. The lowest BCUT2D eigenvalue weighted by Crippen LogP contribution is -2.41. The summed E-state index contributed by atoms with van der Waals surface area (Å²) < 4.78 is 6.92. The van der Waals surface area contributed by atoms with Crippen LogP contribution < -0.4 is 4.74 Å². The molecule has 0 spiro atoms. The van der Waals surface area contributed by atoms with Crippen LogP contribution in [0.1, 0.15) is 94.8 Å². The normalized spacial score (nSPS) is 11.6. The van der Waals surface area contributed by atoms with Gasteiger partial charge in [0, 0.05) is 6.42 Å². The summed E-state index contributed by atoms with van der Waals surface area (Å²) in [6.07, 6.45) is 14.9. The number of benzene rings is 1. The van der Waals surface area contributed by atoms with E-state index < -0.39 is 0 Å². The standard InChI is InChI=1S/C25H44NO2/c1-5-6-7-8-9-10-11-12-13-16-20-26(3,4)21-17-22-28-25-19-15-14-18-24(25)23(2)27/h14-15,18-19H,5-13,16-17,20-22H2,1-4H3/q+1. The first kappa shape index (κ1) is 24.7. The van der Waals surface area contributed by atoms with Crippen molar-refractivity contribution in [2.24, 2.45) is 0 Å². The Morgan fingerprint density at radius 2 is 1.36 bits per heavy atom. The highest BCUT2D eigenvalue weighted by Crippen LogP contribution is 2.19. The van der Waals surface area contributed by atoms with Crippen LogP contribution in [0.5, 0.6) is 5.75 Å². The van der Waals surface area contributed by atoms with E-state index in [1.807, 2.05) is 24.3 Å². The molecule has 3 heteroatoms. The molecule has 0 saturated carbocycles. The third-order valence-corrected chi connectivity index (χ3v) is 5.55. The number of Topliss-reactive ketones (excluding diaryl/α,β-unsaturated/α-hetero) is 1. The fourth-order valence-corrected chi connectivity index (χ4v) is 3.70. The van der Waals surface area contributed by atoms with E-state index in [0.29, 0.717) is 12.2 Å². The van der Waals surface area contributed by atoms with Gasteiger partial charge in [0.25, 0.3) is 0 Å². The first-order valence-corrected chi connectivity index (χ1v) is 11.5. The summed E-state index contributed by atoms with van der Waals surface area (Å²) in [4.78, 5) is 11.6. The molecule has 0 atom stereocenters. The molecule has 0 aliphatic carbocycles. The largest absolute Gasteiger partial charge is 0.493 e. The fourth-order valence-electron chi connectivity index (χ4n) is 3.70. The van der Waals surface area contributed by atoms with Crippen LogP contribution in [-0.4, -0.2) is 44.1 Å². The molecule has 28 heavy (non-hydrogen) atoms. The molecule has 0 radical (unpaired) electrons. The summed E-state index contributed by atoms with van der Waals surface area (Å²) in [6.45, 7) is 6.89. The minimum atomic E-state index is 0.0627. The van der Waals surface area contributed by atoms with Crippen LogP contribution in [0.3, 0.4) is 0 Å². The molecule has 1 aromatic carbocycles. The molecule has 160 valence electrons. The predicted octanol–water partition coefficient (Wildman–Crippen LogP) is 6.66. The van der Waals surface area contributed by atoms with E-state index in [2.05, 4.69) is 21.0 Å². The molecule has 1 rings (SSSR count). The van der Waals surface area contributed by atoms with Gasteiger partial charge in [-0.1, -0.05) is 70.4 Å². The van der Waals surface area contributed by atoms with Crippen LogP contribution in [-0.2, 0) is 0 Å². The smallest absolute Gasteiger partial charge is 0.163 e. The number of unbranched alkanes of at least 4 members (excludes halogenated alkanes) is 9. The second-order valence-electron chi connectivity index (χ2n) is 8.82. The van der Waals surface area contributed by atoms with Crippen molar-refractivity contribution in [3.8, 4) is 5.75 Å². The first-order chi connectivity index (χ1) is 13.5. The summed E-state index contributed by atoms with van der Waals surface area (Å²) in [5.41, 5.74) is 0.682. The Kier molecular flexibility index (Phi) is 12.9. The Balaban J connectivity index is 2.08. The van der Waals surface area contributed by atoms with Crippen molar-refractivity contribution in [2.45, 2.75) is 84.5 Å². The average molecular weight is 391 g/mol. The van der Waals surface area contributed by atoms with Crippen molar-refractivity contribution in [3.05, 3.63) is 29.8 Å². The van der Waals surface area contributed by atoms with Crippen molar-refractivity contribution in [1.82, 2.24) is 0 Å². The van der Waals surface area contributed by atoms with Crippen LogP contribution in [0.15, 0.2) is 24.3 Å². The number of nitrogens with zero attached hydrogens (tertiary/aromatic N) is 1. The van der Waals surface area contributed by atoms with E-state index in [4.69, 9.17) is 4.74 Å². The van der Waals surface area contributed by atoms with E-state index in [9.17, 15) is 4.79 Å². The van der Waals surface area contributed by atoms with Gasteiger partial charge in [-0.3, -0.25) is 4.79 Å². The maximum absolute atomic E-state index is 11.6. The van der Waals surface area contributed by atoms with Crippen molar-refractivity contribution < 1.29 is 14.0 Å². The zero-order chi connectivity index (χ0) is 20.7. The summed E-state index contributed by atoms with van der Waals surface area (Å²) in [5, 5.41) is 0. The SMILES string of the molecule is CCCCCCCCCCCC[N+](C)(C)CCCOc1ccccc1C(C)=O. The third-order valence-electron chi connectivity index (χ3n) is 5.55. The van der Waals surface area contributed by atoms with Gasteiger partial charge in [-0.15, -0.1) is 0 Å². The Morgan fingerprint density at radius 3 is 1.96 bits per heavy atom. The van der Waals surface area contributed by atoms with E-state index in [1.165, 1.54) is 70.8 Å². The number of ether oxygens (including phenoxy) is 1. The molecule has 0 saturated heterocycles. The summed E-state index contributed by atoms with van der Waals surface area (Å²) in [7, 11) is 4.63. The minimum Gasteiger partial charge on any atom is -0.493 e. The second-order valence-corrected chi connectivity index (χ2v) is 8.82. The van der Waals surface area contributed by atoms with E-state index in [-0.39, 0.29) is 5.78 Å². The second kappa shape index (κ2) is 14.6. The lowest BCUT2D eigenvalue weighted by Gasteiger charge is -2.30. The van der Waals surface area contributed by atoms with Gasteiger partial charge in [0.1, 0.15) is 5.75 Å². The Bertz CT molecular complexity index is 539. The van der Waals surface area contributed by atoms with Gasteiger partial charge in [0.15, 0.2) is 5.78 Å². The number of hydrogen-bond acceptors (Lipinski definition) is 2. The number of ketones is 1. The molecular formula is C25H44NO2+. The van der Waals surface area contributed by atoms with Crippen LogP contribution >= 0.6 is 0 Å². The van der Waals surface area contributed by atoms with Gasteiger partial charge in [0.2, 0.25) is 0 Å². The summed E-state index contributed by atoms with van der Waals surface area (Å²) in [5.74, 6) is 0.780. The van der Waals surface area contributed by atoms with E-state index in [1.54, 1.807) is 6.92 Å². The monoisotopic (exact) mass is 390 g/mol. The van der Waals surface area contributed by atoms with Crippen molar-refractivity contribution in [3.63, 3.8) is 0 Å². The molecule has 0 amide bonds. The molecule has 0 heterocycles. The van der Waals surface area contributed by atoms with Crippen molar-refractivity contribution in [2.75, 3.05) is 33.8 Å². The van der Waals surface area contributed by atoms with Crippen LogP contribution in [0, 0.1) is 0 Å².